The topological polar surface area (TPSA) is 49.4 Å². The zero-order chi connectivity index (χ0) is 20.7. The van der Waals surface area contributed by atoms with Gasteiger partial charge in [0.05, 0.1) is 5.75 Å². The number of carbonyl (C=O) groups is 2. The first-order chi connectivity index (χ1) is 13.3. The first-order valence-corrected chi connectivity index (χ1v) is 10.7. The van der Waals surface area contributed by atoms with E-state index in [1.54, 1.807) is 25.1 Å². The summed E-state index contributed by atoms with van der Waals surface area (Å²) in [5.41, 5.74) is 0.632. The van der Waals surface area contributed by atoms with E-state index in [9.17, 15) is 9.59 Å². The van der Waals surface area contributed by atoms with Crippen LogP contribution in [-0.2, 0) is 16.1 Å². The summed E-state index contributed by atoms with van der Waals surface area (Å²) < 4.78 is 0. The first-order valence-electron chi connectivity index (χ1n) is 9.00. The fourth-order valence-electron chi connectivity index (χ4n) is 2.59. The number of benzene rings is 2. The molecule has 0 saturated heterocycles. The molecule has 1 atom stereocenters. The van der Waals surface area contributed by atoms with Gasteiger partial charge in [-0.3, -0.25) is 9.59 Å². The van der Waals surface area contributed by atoms with E-state index < -0.39 is 6.04 Å². The van der Waals surface area contributed by atoms with Crippen molar-refractivity contribution in [2.45, 2.75) is 44.3 Å². The molecule has 1 N–H and O–H groups in total. The molecule has 150 valence electrons. The summed E-state index contributed by atoms with van der Waals surface area (Å²) in [5, 5.41) is 3.80. The van der Waals surface area contributed by atoms with E-state index in [-0.39, 0.29) is 30.2 Å². The maximum atomic E-state index is 13.0. The molecule has 4 nitrogen and oxygen atoms in total. The van der Waals surface area contributed by atoms with Crippen molar-refractivity contribution in [3.8, 4) is 0 Å². The highest BCUT2D eigenvalue weighted by atomic mass is 35.5. The average Bonchev–Trinajstić information content (AvgIpc) is 2.65. The van der Waals surface area contributed by atoms with E-state index in [0.717, 1.165) is 4.90 Å². The lowest BCUT2D eigenvalue weighted by Crippen LogP contribution is -2.49. The fourth-order valence-corrected chi connectivity index (χ4v) is 3.91. The number of nitrogens with zero attached hydrogens (tertiary/aromatic N) is 1. The molecule has 2 amide bonds. The van der Waals surface area contributed by atoms with Crippen molar-refractivity contribution in [1.82, 2.24) is 10.2 Å². The van der Waals surface area contributed by atoms with Crippen LogP contribution in [0.1, 0.15) is 26.3 Å². The SMILES string of the molecule is CC(C)NC(=O)[C@@H](C)N(Cc1c(Cl)cccc1Cl)C(=O)CSc1ccccc1. The van der Waals surface area contributed by atoms with Crippen molar-refractivity contribution < 1.29 is 9.59 Å². The molecule has 0 fully saturated rings. The molecule has 0 aliphatic heterocycles. The Hall–Kier alpha value is -1.69. The van der Waals surface area contributed by atoms with Crippen LogP contribution < -0.4 is 5.32 Å². The molecule has 28 heavy (non-hydrogen) atoms. The molecule has 0 spiro atoms. The van der Waals surface area contributed by atoms with E-state index in [1.165, 1.54) is 16.7 Å². The van der Waals surface area contributed by atoms with Gasteiger partial charge in [-0.1, -0.05) is 47.5 Å². The summed E-state index contributed by atoms with van der Waals surface area (Å²) in [5.74, 6) is -0.154. The Morgan fingerprint density at radius 1 is 1.00 bits per heavy atom. The summed E-state index contributed by atoms with van der Waals surface area (Å²) >= 11 is 14.0. The van der Waals surface area contributed by atoms with Gasteiger partial charge in [-0.15, -0.1) is 11.8 Å². The maximum Gasteiger partial charge on any atom is 0.242 e. The van der Waals surface area contributed by atoms with E-state index in [2.05, 4.69) is 5.32 Å². The molecule has 0 bridgehead atoms. The van der Waals surface area contributed by atoms with Gasteiger partial charge in [-0.25, -0.2) is 0 Å². The van der Waals surface area contributed by atoms with Crippen LogP contribution in [0.3, 0.4) is 0 Å². The number of amides is 2. The van der Waals surface area contributed by atoms with Crippen LogP contribution in [0.15, 0.2) is 53.4 Å². The minimum absolute atomic E-state index is 0.0190. The minimum atomic E-state index is -0.654. The average molecular weight is 439 g/mol. The van der Waals surface area contributed by atoms with Gasteiger partial charge in [-0.2, -0.15) is 0 Å². The van der Waals surface area contributed by atoms with Crippen LogP contribution in [-0.4, -0.2) is 34.6 Å². The molecule has 0 radical (unpaired) electrons. The van der Waals surface area contributed by atoms with E-state index in [0.29, 0.717) is 15.6 Å². The molecule has 0 aromatic heterocycles. The van der Waals surface area contributed by atoms with Crippen LogP contribution in [0.2, 0.25) is 10.0 Å². The molecule has 0 aliphatic rings. The third kappa shape index (κ3) is 6.43. The summed E-state index contributed by atoms with van der Waals surface area (Å²) in [6.07, 6.45) is 0. The predicted molar refractivity (Wildman–Crippen MR) is 117 cm³/mol. The number of halogens is 2. The number of thioether (sulfide) groups is 1. The third-order valence-corrected chi connectivity index (χ3v) is 5.80. The normalized spacial score (nSPS) is 11.9. The molecule has 0 heterocycles. The summed E-state index contributed by atoms with van der Waals surface area (Å²) in [4.78, 5) is 28.1. The lowest BCUT2D eigenvalue weighted by molar-refractivity contribution is -0.138. The molecular formula is C21H24Cl2N2O2S. The van der Waals surface area contributed by atoms with Crippen LogP contribution in [0.4, 0.5) is 0 Å². The second-order valence-electron chi connectivity index (χ2n) is 6.66. The summed E-state index contributed by atoms with van der Waals surface area (Å²) in [6.45, 7) is 5.65. The Kier molecular flexibility index (Phi) is 8.67. The smallest absolute Gasteiger partial charge is 0.242 e. The molecular weight excluding hydrogens is 415 g/mol. The molecule has 2 aromatic rings. The monoisotopic (exact) mass is 438 g/mol. The third-order valence-electron chi connectivity index (χ3n) is 4.09. The number of nitrogens with one attached hydrogen (secondary N) is 1. The van der Waals surface area contributed by atoms with Crippen LogP contribution in [0, 0.1) is 0 Å². The Morgan fingerprint density at radius 3 is 2.18 bits per heavy atom. The highest BCUT2D eigenvalue weighted by molar-refractivity contribution is 8.00. The zero-order valence-corrected chi connectivity index (χ0v) is 18.4. The predicted octanol–water partition coefficient (Wildman–Crippen LogP) is 5.03. The molecule has 0 saturated carbocycles. The standard InChI is InChI=1S/C21H24Cl2N2O2S/c1-14(2)24-21(27)15(3)25(12-17-18(22)10-7-11-19(17)23)20(26)13-28-16-8-5-4-6-9-16/h4-11,14-15H,12-13H2,1-3H3,(H,24,27)/t15-/m1/s1. The van der Waals surface area contributed by atoms with Crippen molar-refractivity contribution in [3.63, 3.8) is 0 Å². The molecule has 0 aliphatic carbocycles. The second kappa shape index (κ2) is 10.7. The lowest BCUT2D eigenvalue weighted by atomic mass is 10.1. The van der Waals surface area contributed by atoms with Gasteiger partial charge in [-0.05, 0) is 45.0 Å². The molecule has 0 unspecified atom stereocenters. The fraction of sp³-hybridized carbons (Fsp3) is 0.333. The summed E-state index contributed by atoms with van der Waals surface area (Å²) in [6, 6.07) is 14.2. The van der Waals surface area contributed by atoms with Gasteiger partial charge in [0.2, 0.25) is 11.8 Å². The highest BCUT2D eigenvalue weighted by Crippen LogP contribution is 2.27. The van der Waals surface area contributed by atoms with Crippen molar-refractivity contribution in [2.75, 3.05) is 5.75 Å². The van der Waals surface area contributed by atoms with Crippen LogP contribution in [0.25, 0.3) is 0 Å². The first kappa shape index (κ1) is 22.6. The molecule has 2 aromatic carbocycles. The Bertz CT molecular complexity index is 795. The Balaban J connectivity index is 2.21. The quantitative estimate of drug-likeness (QED) is 0.587. The van der Waals surface area contributed by atoms with Gasteiger partial charge in [0.25, 0.3) is 0 Å². The second-order valence-corrected chi connectivity index (χ2v) is 8.53. The van der Waals surface area contributed by atoms with E-state index >= 15 is 0 Å². The highest BCUT2D eigenvalue weighted by Gasteiger charge is 2.27. The lowest BCUT2D eigenvalue weighted by Gasteiger charge is -2.30. The van der Waals surface area contributed by atoms with Gasteiger partial charge in [0.1, 0.15) is 6.04 Å². The Labute approximate surface area is 180 Å². The number of rotatable bonds is 8. The minimum Gasteiger partial charge on any atom is -0.352 e. The van der Waals surface area contributed by atoms with Crippen molar-refractivity contribution in [2.24, 2.45) is 0 Å². The Morgan fingerprint density at radius 2 is 1.61 bits per heavy atom. The molecule has 7 heteroatoms. The largest absolute Gasteiger partial charge is 0.352 e. The van der Waals surface area contributed by atoms with E-state index in [1.807, 2.05) is 44.2 Å². The van der Waals surface area contributed by atoms with Gasteiger partial charge in [0.15, 0.2) is 0 Å². The van der Waals surface area contributed by atoms with E-state index in [4.69, 9.17) is 23.2 Å². The van der Waals surface area contributed by atoms with Crippen LogP contribution in [0.5, 0.6) is 0 Å². The summed E-state index contributed by atoms with van der Waals surface area (Å²) in [7, 11) is 0. The van der Waals surface area contributed by atoms with Gasteiger partial charge < -0.3 is 10.2 Å². The maximum absolute atomic E-state index is 13.0. The number of carbonyl (C=O) groups excluding carboxylic acids is 2. The van der Waals surface area contributed by atoms with Gasteiger partial charge >= 0.3 is 0 Å². The van der Waals surface area contributed by atoms with Crippen molar-refractivity contribution >= 4 is 46.8 Å². The number of hydrogen-bond acceptors (Lipinski definition) is 3. The van der Waals surface area contributed by atoms with Crippen molar-refractivity contribution in [1.29, 1.82) is 0 Å². The molecule has 2 rings (SSSR count). The van der Waals surface area contributed by atoms with Crippen molar-refractivity contribution in [3.05, 3.63) is 64.1 Å². The van der Waals surface area contributed by atoms with Crippen LogP contribution >= 0.6 is 35.0 Å². The van der Waals surface area contributed by atoms with Gasteiger partial charge in [0, 0.05) is 33.1 Å². The zero-order valence-electron chi connectivity index (χ0n) is 16.1. The number of hydrogen-bond donors (Lipinski definition) is 1.